The van der Waals surface area contributed by atoms with E-state index in [1.54, 1.807) is 6.92 Å². The highest BCUT2D eigenvalue weighted by Gasteiger charge is 2.05. The number of ether oxygens (including phenoxy) is 2. The number of benzene rings is 1. The van der Waals surface area contributed by atoms with Crippen LogP contribution in [0.1, 0.15) is 26.3 Å². The smallest absolute Gasteiger partial charge is 0.162 e. The molecule has 0 unspecified atom stereocenters. The third-order valence-corrected chi connectivity index (χ3v) is 2.36. The topological polar surface area (TPSA) is 30.5 Å². The summed E-state index contributed by atoms with van der Waals surface area (Å²) in [4.78, 5) is 0. The van der Waals surface area contributed by atoms with Crippen LogP contribution in [-0.4, -0.2) is 19.8 Å². The van der Waals surface area contributed by atoms with E-state index >= 15 is 0 Å². The Labute approximate surface area is 109 Å². The van der Waals surface area contributed by atoms with E-state index in [2.05, 4.69) is 24.1 Å². The fourth-order valence-electron chi connectivity index (χ4n) is 1.51. The maximum Gasteiger partial charge on any atom is 0.162 e. The fourth-order valence-corrected chi connectivity index (χ4v) is 1.51. The molecule has 18 heavy (non-hydrogen) atoms. The van der Waals surface area contributed by atoms with Gasteiger partial charge in [-0.2, -0.15) is 0 Å². The molecule has 1 N–H and O–H groups in total. The second-order valence-electron chi connectivity index (χ2n) is 3.71. The fraction of sp³-hybridized carbons (Fsp3) is 0.467. The first-order chi connectivity index (χ1) is 8.81. The van der Waals surface area contributed by atoms with E-state index in [-0.39, 0.29) is 0 Å². The van der Waals surface area contributed by atoms with Crippen molar-refractivity contribution in [3.8, 4) is 23.3 Å². The number of nitrogens with one attached hydrogen (secondary N) is 1. The van der Waals surface area contributed by atoms with Gasteiger partial charge in [-0.1, -0.05) is 18.9 Å². The van der Waals surface area contributed by atoms with E-state index in [9.17, 15) is 0 Å². The van der Waals surface area contributed by atoms with Crippen LogP contribution in [0.2, 0.25) is 0 Å². The van der Waals surface area contributed by atoms with Crippen LogP contribution in [0.5, 0.6) is 11.5 Å². The molecule has 0 saturated heterocycles. The summed E-state index contributed by atoms with van der Waals surface area (Å²) in [6, 6.07) is 6.00. The van der Waals surface area contributed by atoms with Crippen molar-refractivity contribution < 1.29 is 9.47 Å². The first kappa shape index (κ1) is 14.4. The normalized spacial score (nSPS) is 9.50. The van der Waals surface area contributed by atoms with E-state index in [0.29, 0.717) is 13.2 Å². The van der Waals surface area contributed by atoms with Gasteiger partial charge >= 0.3 is 0 Å². The average Bonchev–Trinajstić information content (AvgIpc) is 2.39. The van der Waals surface area contributed by atoms with Crippen molar-refractivity contribution in [2.75, 3.05) is 19.8 Å². The largest absolute Gasteiger partial charge is 0.490 e. The maximum atomic E-state index is 5.59. The summed E-state index contributed by atoms with van der Waals surface area (Å²) in [5, 5.41) is 3.29. The Kier molecular flexibility index (Phi) is 6.75. The second kappa shape index (κ2) is 8.43. The molecule has 0 atom stereocenters. The third-order valence-electron chi connectivity index (χ3n) is 2.36. The Morgan fingerprint density at radius 2 is 2.00 bits per heavy atom. The molecule has 0 spiro atoms. The number of hydrogen-bond donors (Lipinski definition) is 1. The summed E-state index contributed by atoms with van der Waals surface area (Å²) in [5.41, 5.74) is 1.19. The van der Waals surface area contributed by atoms with E-state index in [4.69, 9.17) is 9.47 Å². The van der Waals surface area contributed by atoms with Crippen molar-refractivity contribution in [2.45, 2.75) is 27.3 Å². The molecule has 0 aliphatic heterocycles. The summed E-state index contributed by atoms with van der Waals surface area (Å²) >= 11 is 0. The lowest BCUT2D eigenvalue weighted by Gasteiger charge is -2.12. The highest BCUT2D eigenvalue weighted by atomic mass is 16.5. The molecule has 3 nitrogen and oxygen atoms in total. The van der Waals surface area contributed by atoms with Gasteiger partial charge in [-0.05, 0) is 38.1 Å². The van der Waals surface area contributed by atoms with Crippen molar-refractivity contribution in [3.05, 3.63) is 23.8 Å². The van der Waals surface area contributed by atoms with Gasteiger partial charge in [-0.3, -0.25) is 0 Å². The SMILES string of the molecule is CC#CCOc1ccc(CNCC)cc1OCC. The van der Waals surface area contributed by atoms with Gasteiger partial charge in [-0.15, -0.1) is 5.92 Å². The molecule has 0 amide bonds. The van der Waals surface area contributed by atoms with Crippen LogP contribution in [0.15, 0.2) is 18.2 Å². The van der Waals surface area contributed by atoms with Gasteiger partial charge in [0.05, 0.1) is 6.61 Å². The molecule has 0 heterocycles. The monoisotopic (exact) mass is 247 g/mol. The summed E-state index contributed by atoms with van der Waals surface area (Å²) in [6.07, 6.45) is 0. The highest BCUT2D eigenvalue weighted by Crippen LogP contribution is 2.28. The number of hydrogen-bond acceptors (Lipinski definition) is 3. The minimum absolute atomic E-state index is 0.392. The van der Waals surface area contributed by atoms with E-state index < -0.39 is 0 Å². The summed E-state index contributed by atoms with van der Waals surface area (Å²) in [7, 11) is 0. The van der Waals surface area contributed by atoms with Crippen molar-refractivity contribution in [3.63, 3.8) is 0 Å². The average molecular weight is 247 g/mol. The molecule has 0 radical (unpaired) electrons. The number of rotatable bonds is 7. The molecule has 0 bridgehead atoms. The van der Waals surface area contributed by atoms with Gasteiger partial charge in [0.1, 0.15) is 6.61 Å². The lowest BCUT2D eigenvalue weighted by molar-refractivity contribution is 0.299. The molecule has 1 rings (SSSR count). The molecule has 0 aromatic heterocycles. The van der Waals surface area contributed by atoms with E-state index in [1.807, 2.05) is 25.1 Å². The molecule has 3 heteroatoms. The minimum atomic E-state index is 0.392. The molecule has 98 valence electrons. The minimum Gasteiger partial charge on any atom is -0.490 e. The van der Waals surface area contributed by atoms with Crippen molar-refractivity contribution in [2.24, 2.45) is 0 Å². The van der Waals surface area contributed by atoms with Crippen LogP contribution >= 0.6 is 0 Å². The van der Waals surface area contributed by atoms with Crippen molar-refractivity contribution in [1.82, 2.24) is 5.32 Å². The van der Waals surface area contributed by atoms with Crippen LogP contribution in [0.4, 0.5) is 0 Å². The first-order valence-corrected chi connectivity index (χ1v) is 6.30. The van der Waals surface area contributed by atoms with Crippen molar-refractivity contribution >= 4 is 0 Å². The van der Waals surface area contributed by atoms with Gasteiger partial charge < -0.3 is 14.8 Å². The summed E-state index contributed by atoms with van der Waals surface area (Å²) in [6.45, 7) is 8.66. The molecule has 1 aromatic carbocycles. The predicted molar refractivity (Wildman–Crippen MR) is 73.9 cm³/mol. The third kappa shape index (κ3) is 4.68. The summed E-state index contributed by atoms with van der Waals surface area (Å²) < 4.78 is 11.2. The predicted octanol–water partition coefficient (Wildman–Crippen LogP) is 2.60. The summed E-state index contributed by atoms with van der Waals surface area (Å²) in [5.74, 6) is 7.21. The molecule has 0 fully saturated rings. The molecular weight excluding hydrogens is 226 g/mol. The van der Waals surface area contributed by atoms with Gasteiger partial charge in [0, 0.05) is 6.54 Å². The van der Waals surface area contributed by atoms with E-state index in [1.165, 1.54) is 5.56 Å². The first-order valence-electron chi connectivity index (χ1n) is 6.30. The second-order valence-corrected chi connectivity index (χ2v) is 3.71. The van der Waals surface area contributed by atoms with Gasteiger partial charge in [0.15, 0.2) is 11.5 Å². The van der Waals surface area contributed by atoms with Crippen molar-refractivity contribution in [1.29, 1.82) is 0 Å². The molecule has 1 aromatic rings. The van der Waals surface area contributed by atoms with Crippen LogP contribution in [0.3, 0.4) is 0 Å². The Balaban J connectivity index is 2.77. The maximum absolute atomic E-state index is 5.59. The van der Waals surface area contributed by atoms with E-state index in [0.717, 1.165) is 24.6 Å². The van der Waals surface area contributed by atoms with Crippen LogP contribution in [0.25, 0.3) is 0 Å². The Hall–Kier alpha value is -1.66. The molecule has 0 aliphatic rings. The lowest BCUT2D eigenvalue weighted by Crippen LogP contribution is -2.12. The molecule has 0 saturated carbocycles. The zero-order chi connectivity index (χ0) is 13.2. The zero-order valence-corrected chi connectivity index (χ0v) is 11.4. The van der Waals surface area contributed by atoms with Gasteiger partial charge in [-0.25, -0.2) is 0 Å². The van der Waals surface area contributed by atoms with Crippen LogP contribution in [0, 0.1) is 11.8 Å². The Morgan fingerprint density at radius 3 is 2.67 bits per heavy atom. The lowest BCUT2D eigenvalue weighted by atomic mass is 10.2. The highest BCUT2D eigenvalue weighted by molar-refractivity contribution is 5.43. The van der Waals surface area contributed by atoms with Crippen LogP contribution in [-0.2, 0) is 6.54 Å². The molecular formula is C15H21NO2. The van der Waals surface area contributed by atoms with Crippen LogP contribution < -0.4 is 14.8 Å². The zero-order valence-electron chi connectivity index (χ0n) is 11.4. The Morgan fingerprint density at radius 1 is 1.17 bits per heavy atom. The van der Waals surface area contributed by atoms with Gasteiger partial charge in [0.25, 0.3) is 0 Å². The van der Waals surface area contributed by atoms with Gasteiger partial charge in [0.2, 0.25) is 0 Å². The standard InChI is InChI=1S/C15H21NO2/c1-4-7-10-18-14-9-8-13(12-16-5-2)11-15(14)17-6-3/h8-9,11,16H,5-6,10,12H2,1-3H3. The molecule has 0 aliphatic carbocycles. The Bertz CT molecular complexity index is 418. The quantitative estimate of drug-likeness (QED) is 0.751.